The number of benzene rings is 5. The molecule has 5 aromatic carbocycles. The number of hydrogen-bond acceptors (Lipinski definition) is 1. The maximum absolute atomic E-state index is 14.8. The summed E-state index contributed by atoms with van der Waals surface area (Å²) in [6.07, 6.45) is 8.68. The summed E-state index contributed by atoms with van der Waals surface area (Å²) < 4.78 is 0. The van der Waals surface area contributed by atoms with Crippen molar-refractivity contribution in [2.45, 2.75) is 11.0 Å². The molecule has 1 aliphatic heterocycles. The van der Waals surface area contributed by atoms with Gasteiger partial charge in [0.1, 0.15) is 11.0 Å². The minimum Gasteiger partial charge on any atom is -0.296 e. The highest BCUT2D eigenvalue weighted by molar-refractivity contribution is 6.16. The van der Waals surface area contributed by atoms with Crippen molar-refractivity contribution in [2.75, 3.05) is 4.90 Å². The third kappa shape index (κ3) is 4.11. The summed E-state index contributed by atoms with van der Waals surface area (Å²) in [5, 5.41) is 0. The quantitative estimate of drug-likeness (QED) is 0.205. The highest BCUT2D eigenvalue weighted by atomic mass is 16.2. The zero-order valence-corrected chi connectivity index (χ0v) is 21.6. The second kappa shape index (κ2) is 10.4. The molecule has 1 heterocycles. The lowest BCUT2D eigenvalue weighted by molar-refractivity contribution is -0.132. The van der Waals surface area contributed by atoms with E-state index in [0.717, 1.165) is 27.9 Å². The summed E-state index contributed by atoms with van der Waals surface area (Å²) in [5.41, 5.74) is 3.13. The lowest BCUT2D eigenvalue weighted by Gasteiger charge is -2.63. The molecule has 1 aliphatic rings. The summed E-state index contributed by atoms with van der Waals surface area (Å²) >= 11 is 0. The van der Waals surface area contributed by atoms with Gasteiger partial charge in [-0.25, -0.2) is 0 Å². The highest BCUT2D eigenvalue weighted by Gasteiger charge is 2.70. The molecule has 0 N–H and O–H groups in total. The Balaban J connectivity index is 1.68. The molecular weight excluding hydrogens is 474 g/mol. The standard InChI is InChI=1S/C37H29NO/c39-35-37(32-20-10-3-11-21-32,33-22-12-4-13-23-33)36(28-26-30-16-6-1-7-17-30,29-27-31-18-8-2-9-19-31)38(35)34-24-14-5-15-25-34/h1-29H/b28-26+,29-27+. The second-order valence-electron chi connectivity index (χ2n) is 9.77. The maximum Gasteiger partial charge on any atom is 0.246 e. The van der Waals surface area contributed by atoms with E-state index >= 15 is 0 Å². The molecule has 39 heavy (non-hydrogen) atoms. The number of anilines is 1. The van der Waals surface area contributed by atoms with E-state index in [1.807, 2.05) is 108 Å². The van der Waals surface area contributed by atoms with Crippen LogP contribution in [0.4, 0.5) is 5.69 Å². The van der Waals surface area contributed by atoms with Crippen molar-refractivity contribution in [3.8, 4) is 0 Å². The van der Waals surface area contributed by atoms with Gasteiger partial charge < -0.3 is 0 Å². The normalized spacial score (nSPS) is 15.9. The first kappa shape index (κ1) is 24.4. The first-order valence-corrected chi connectivity index (χ1v) is 13.2. The van der Waals surface area contributed by atoms with E-state index in [2.05, 4.69) is 72.8 Å². The van der Waals surface area contributed by atoms with Crippen LogP contribution in [-0.4, -0.2) is 11.4 Å². The lowest BCUT2D eigenvalue weighted by Crippen LogP contribution is -2.79. The number of nitrogens with zero attached hydrogens (tertiary/aromatic N) is 1. The number of carbonyl (C=O) groups is 1. The Kier molecular flexibility index (Phi) is 6.52. The number of hydrogen-bond donors (Lipinski definition) is 0. The molecule has 0 unspecified atom stereocenters. The summed E-state index contributed by atoms with van der Waals surface area (Å²) in [5.74, 6) is 0.0431. The monoisotopic (exact) mass is 503 g/mol. The minimum absolute atomic E-state index is 0.0431. The van der Waals surface area contributed by atoms with Crippen LogP contribution in [0.1, 0.15) is 22.3 Å². The van der Waals surface area contributed by atoms with Gasteiger partial charge in [-0.3, -0.25) is 9.69 Å². The van der Waals surface area contributed by atoms with Crippen molar-refractivity contribution >= 4 is 23.7 Å². The van der Waals surface area contributed by atoms with Crippen LogP contribution in [0, 0.1) is 0 Å². The fourth-order valence-electron chi connectivity index (χ4n) is 5.81. The van der Waals surface area contributed by atoms with Crippen LogP contribution in [0.25, 0.3) is 12.2 Å². The Hall–Kier alpha value is -4.95. The molecule has 1 saturated heterocycles. The van der Waals surface area contributed by atoms with Gasteiger partial charge in [0, 0.05) is 5.69 Å². The molecule has 0 saturated carbocycles. The van der Waals surface area contributed by atoms with Crippen molar-refractivity contribution in [3.05, 3.63) is 186 Å². The fourth-order valence-corrected chi connectivity index (χ4v) is 5.81. The predicted octanol–water partition coefficient (Wildman–Crippen LogP) is 8.19. The molecule has 0 spiro atoms. The van der Waals surface area contributed by atoms with E-state index in [1.165, 1.54) is 0 Å². The third-order valence-corrected chi connectivity index (χ3v) is 7.58. The van der Waals surface area contributed by atoms with Crippen molar-refractivity contribution in [2.24, 2.45) is 0 Å². The number of rotatable bonds is 7. The molecule has 0 aliphatic carbocycles. The molecule has 2 nitrogen and oxygen atoms in total. The van der Waals surface area contributed by atoms with Crippen molar-refractivity contribution in [1.82, 2.24) is 0 Å². The Labute approximate surface area is 230 Å². The van der Waals surface area contributed by atoms with Gasteiger partial charge in [0.05, 0.1) is 0 Å². The Morgan fingerprint density at radius 1 is 0.462 bits per heavy atom. The lowest BCUT2D eigenvalue weighted by atomic mass is 9.52. The van der Waals surface area contributed by atoms with Crippen LogP contribution < -0.4 is 4.90 Å². The molecule has 0 atom stereocenters. The highest BCUT2D eigenvalue weighted by Crippen LogP contribution is 2.58. The van der Waals surface area contributed by atoms with Crippen LogP contribution >= 0.6 is 0 Å². The van der Waals surface area contributed by atoms with Crippen LogP contribution in [0.2, 0.25) is 0 Å². The van der Waals surface area contributed by atoms with Gasteiger partial charge in [-0.1, -0.05) is 164 Å². The summed E-state index contributed by atoms with van der Waals surface area (Å²) in [7, 11) is 0. The van der Waals surface area contributed by atoms with Crippen molar-refractivity contribution in [1.29, 1.82) is 0 Å². The molecule has 5 aromatic rings. The van der Waals surface area contributed by atoms with Gasteiger partial charge in [0.25, 0.3) is 0 Å². The largest absolute Gasteiger partial charge is 0.296 e. The molecule has 6 rings (SSSR count). The van der Waals surface area contributed by atoms with E-state index in [1.54, 1.807) is 0 Å². The average Bonchev–Trinajstić information content (AvgIpc) is 3.01. The number of amides is 1. The Morgan fingerprint density at radius 3 is 1.23 bits per heavy atom. The van der Waals surface area contributed by atoms with Gasteiger partial charge in [-0.2, -0.15) is 0 Å². The summed E-state index contributed by atoms with van der Waals surface area (Å²) in [6.45, 7) is 0. The van der Waals surface area contributed by atoms with E-state index < -0.39 is 11.0 Å². The molecule has 0 radical (unpaired) electrons. The zero-order chi connectivity index (χ0) is 26.5. The summed E-state index contributed by atoms with van der Waals surface area (Å²) in [4.78, 5) is 16.7. The second-order valence-corrected chi connectivity index (χ2v) is 9.77. The molecule has 1 amide bonds. The molecule has 188 valence electrons. The number of carbonyl (C=O) groups excluding carboxylic acids is 1. The van der Waals surface area contributed by atoms with E-state index in [9.17, 15) is 4.79 Å². The Morgan fingerprint density at radius 2 is 0.821 bits per heavy atom. The van der Waals surface area contributed by atoms with Crippen molar-refractivity contribution in [3.63, 3.8) is 0 Å². The molecule has 1 fully saturated rings. The minimum atomic E-state index is -0.970. The molecule has 0 aromatic heterocycles. The van der Waals surface area contributed by atoms with Gasteiger partial charge in [-0.05, 0) is 34.4 Å². The predicted molar refractivity (Wildman–Crippen MR) is 161 cm³/mol. The molecular formula is C37H29NO. The van der Waals surface area contributed by atoms with Gasteiger partial charge >= 0.3 is 0 Å². The van der Waals surface area contributed by atoms with Gasteiger partial charge in [0.2, 0.25) is 5.91 Å². The van der Waals surface area contributed by atoms with Crippen LogP contribution in [-0.2, 0) is 10.2 Å². The first-order valence-electron chi connectivity index (χ1n) is 13.2. The first-order chi connectivity index (χ1) is 19.3. The Bertz CT molecular complexity index is 1500. The number of para-hydroxylation sites is 1. The smallest absolute Gasteiger partial charge is 0.246 e. The van der Waals surface area contributed by atoms with E-state index in [0.29, 0.717) is 0 Å². The van der Waals surface area contributed by atoms with Crippen LogP contribution in [0.5, 0.6) is 0 Å². The fraction of sp³-hybridized carbons (Fsp3) is 0.0541. The number of β-lactam (4-membered cyclic amide) rings is 1. The van der Waals surface area contributed by atoms with Crippen LogP contribution in [0.3, 0.4) is 0 Å². The third-order valence-electron chi connectivity index (χ3n) is 7.58. The van der Waals surface area contributed by atoms with Crippen LogP contribution in [0.15, 0.2) is 164 Å². The van der Waals surface area contributed by atoms with Gasteiger partial charge in [0.15, 0.2) is 0 Å². The topological polar surface area (TPSA) is 20.3 Å². The van der Waals surface area contributed by atoms with E-state index in [-0.39, 0.29) is 5.91 Å². The van der Waals surface area contributed by atoms with Gasteiger partial charge in [-0.15, -0.1) is 0 Å². The van der Waals surface area contributed by atoms with E-state index in [4.69, 9.17) is 0 Å². The maximum atomic E-state index is 14.8. The van der Waals surface area contributed by atoms with Crippen molar-refractivity contribution < 1.29 is 4.79 Å². The molecule has 2 heteroatoms. The average molecular weight is 504 g/mol. The zero-order valence-electron chi connectivity index (χ0n) is 21.6. The molecule has 0 bridgehead atoms. The summed E-state index contributed by atoms with van der Waals surface area (Å²) in [6, 6.07) is 50.9. The SMILES string of the molecule is O=C1N(c2ccccc2)C(/C=C/c2ccccc2)(/C=C/c2ccccc2)C1(c1ccccc1)c1ccccc1.